The zero-order valence-electron chi connectivity index (χ0n) is 9.88. The molecule has 0 amide bonds. The summed E-state index contributed by atoms with van der Waals surface area (Å²) in [4.78, 5) is 3.01. The Kier molecular flexibility index (Phi) is 3.69. The lowest BCUT2D eigenvalue weighted by molar-refractivity contribution is 0.402. The van der Waals surface area contributed by atoms with Crippen molar-refractivity contribution in [1.82, 2.24) is 9.71 Å². The van der Waals surface area contributed by atoms with E-state index in [0.29, 0.717) is 5.75 Å². The second-order valence-electron chi connectivity index (χ2n) is 3.69. The first kappa shape index (κ1) is 12.7. The van der Waals surface area contributed by atoms with E-state index in [1.165, 1.54) is 13.2 Å². The molecule has 18 heavy (non-hydrogen) atoms. The number of hydrogen-bond acceptors (Lipinski definition) is 3. The summed E-state index contributed by atoms with van der Waals surface area (Å²) in [6.07, 6.45) is 3.48. The highest BCUT2D eigenvalue weighted by Gasteiger charge is 2.18. The summed E-state index contributed by atoms with van der Waals surface area (Å²) < 4.78 is 31.8. The number of para-hydroxylation sites is 1. The fourth-order valence-electron chi connectivity index (χ4n) is 1.57. The molecule has 1 aromatic carbocycles. The molecule has 0 aliphatic carbocycles. The van der Waals surface area contributed by atoms with Gasteiger partial charge in [-0.25, -0.2) is 13.1 Å². The summed E-state index contributed by atoms with van der Waals surface area (Å²) in [5.74, 6) is 0.332. The fourth-order valence-corrected chi connectivity index (χ4v) is 2.75. The first-order chi connectivity index (χ1) is 8.63. The molecule has 96 valence electrons. The largest absolute Gasteiger partial charge is 0.495 e. The van der Waals surface area contributed by atoms with E-state index in [1.807, 2.05) is 6.07 Å². The number of ether oxygens (including phenoxy) is 1. The highest BCUT2D eigenvalue weighted by atomic mass is 32.2. The van der Waals surface area contributed by atoms with Crippen LogP contribution in [-0.2, 0) is 16.6 Å². The molecular weight excluding hydrogens is 252 g/mol. The Balaban J connectivity index is 2.20. The lowest BCUT2D eigenvalue weighted by Crippen LogP contribution is -2.23. The molecule has 0 radical (unpaired) electrons. The number of aromatic amines is 1. The maximum Gasteiger partial charge on any atom is 0.244 e. The van der Waals surface area contributed by atoms with Gasteiger partial charge in [0.25, 0.3) is 0 Å². The van der Waals surface area contributed by atoms with Gasteiger partial charge in [0.2, 0.25) is 10.0 Å². The zero-order chi connectivity index (χ0) is 13.0. The average molecular weight is 266 g/mol. The van der Waals surface area contributed by atoms with Crippen LogP contribution in [0.15, 0.2) is 47.6 Å². The van der Waals surface area contributed by atoms with Crippen LogP contribution in [0.1, 0.15) is 5.56 Å². The topological polar surface area (TPSA) is 71.2 Å². The Labute approximate surface area is 106 Å². The van der Waals surface area contributed by atoms with Gasteiger partial charge in [-0.2, -0.15) is 0 Å². The molecule has 0 bridgehead atoms. The van der Waals surface area contributed by atoms with Gasteiger partial charge in [-0.1, -0.05) is 12.1 Å². The molecule has 1 heterocycles. The minimum absolute atomic E-state index is 0.142. The molecule has 5 nitrogen and oxygen atoms in total. The highest BCUT2D eigenvalue weighted by molar-refractivity contribution is 7.89. The Hall–Kier alpha value is -1.79. The number of aromatic nitrogens is 1. The molecule has 0 aliphatic heterocycles. The third kappa shape index (κ3) is 2.72. The third-order valence-corrected chi connectivity index (χ3v) is 3.93. The molecule has 0 spiro atoms. The maximum atomic E-state index is 12.1. The number of methoxy groups -OCH3 is 1. The van der Waals surface area contributed by atoms with E-state index in [1.54, 1.807) is 30.6 Å². The number of hydrogen-bond donors (Lipinski definition) is 2. The summed E-state index contributed by atoms with van der Waals surface area (Å²) >= 11 is 0. The minimum atomic E-state index is -3.57. The highest BCUT2D eigenvalue weighted by Crippen LogP contribution is 2.22. The van der Waals surface area contributed by atoms with Crippen LogP contribution >= 0.6 is 0 Å². The monoisotopic (exact) mass is 266 g/mol. The van der Waals surface area contributed by atoms with Gasteiger partial charge in [-0.3, -0.25) is 0 Å². The summed E-state index contributed by atoms with van der Waals surface area (Å²) in [5.41, 5.74) is 0.869. The van der Waals surface area contributed by atoms with Gasteiger partial charge in [-0.05, 0) is 23.8 Å². The molecule has 2 aromatic rings. The lowest BCUT2D eigenvalue weighted by atomic mass is 10.3. The van der Waals surface area contributed by atoms with E-state index in [2.05, 4.69) is 9.71 Å². The van der Waals surface area contributed by atoms with Crippen LogP contribution in [0.25, 0.3) is 0 Å². The standard InChI is InChI=1S/C12H14N2O3S/c1-17-11-4-2-3-5-12(11)18(15,16)14-9-10-6-7-13-8-10/h2-8,13-14H,9H2,1H3. The molecule has 0 aliphatic rings. The normalized spacial score (nSPS) is 11.4. The van der Waals surface area contributed by atoms with Gasteiger partial charge in [0, 0.05) is 18.9 Å². The second-order valence-corrected chi connectivity index (χ2v) is 5.43. The van der Waals surface area contributed by atoms with Crippen molar-refractivity contribution in [3.63, 3.8) is 0 Å². The molecule has 2 N–H and O–H groups in total. The first-order valence-corrected chi connectivity index (χ1v) is 6.86. The Bertz CT molecular complexity index is 606. The van der Waals surface area contributed by atoms with Crippen LogP contribution < -0.4 is 9.46 Å². The second kappa shape index (κ2) is 5.24. The molecule has 0 fully saturated rings. The molecule has 0 atom stereocenters. The summed E-state index contributed by atoms with van der Waals surface area (Å²) in [7, 11) is -2.12. The van der Waals surface area contributed by atoms with Gasteiger partial charge >= 0.3 is 0 Å². The van der Waals surface area contributed by atoms with Gasteiger partial charge in [0.1, 0.15) is 10.6 Å². The predicted molar refractivity (Wildman–Crippen MR) is 67.8 cm³/mol. The van der Waals surface area contributed by atoms with E-state index >= 15 is 0 Å². The molecule has 6 heteroatoms. The zero-order valence-corrected chi connectivity index (χ0v) is 10.7. The lowest BCUT2D eigenvalue weighted by Gasteiger charge is -2.09. The van der Waals surface area contributed by atoms with Crippen molar-refractivity contribution < 1.29 is 13.2 Å². The number of benzene rings is 1. The van der Waals surface area contributed by atoms with Crippen molar-refractivity contribution in [1.29, 1.82) is 0 Å². The Morgan fingerprint density at radius 1 is 1.28 bits per heavy atom. The van der Waals surface area contributed by atoms with Crippen molar-refractivity contribution in [2.45, 2.75) is 11.4 Å². The predicted octanol–water partition coefficient (Wildman–Crippen LogP) is 1.50. The third-order valence-electron chi connectivity index (χ3n) is 2.49. The van der Waals surface area contributed by atoms with Crippen LogP contribution in [0.2, 0.25) is 0 Å². The van der Waals surface area contributed by atoms with Crippen LogP contribution in [0.3, 0.4) is 0 Å². The molecule has 2 rings (SSSR count). The summed E-state index contributed by atoms with van der Waals surface area (Å²) in [6, 6.07) is 8.32. The van der Waals surface area contributed by atoms with Crippen LogP contribution in [-0.4, -0.2) is 20.5 Å². The van der Waals surface area contributed by atoms with E-state index in [9.17, 15) is 8.42 Å². The number of nitrogens with one attached hydrogen (secondary N) is 2. The molecule has 0 saturated carbocycles. The smallest absolute Gasteiger partial charge is 0.244 e. The van der Waals surface area contributed by atoms with Gasteiger partial charge in [0.15, 0.2) is 0 Å². The van der Waals surface area contributed by atoms with E-state index in [-0.39, 0.29) is 11.4 Å². The average Bonchev–Trinajstić information content (AvgIpc) is 2.89. The minimum Gasteiger partial charge on any atom is -0.495 e. The molecule has 0 saturated heterocycles. The van der Waals surface area contributed by atoms with Crippen molar-refractivity contribution in [2.24, 2.45) is 0 Å². The molecule has 1 aromatic heterocycles. The number of rotatable bonds is 5. The van der Waals surface area contributed by atoms with Crippen molar-refractivity contribution in [3.8, 4) is 5.75 Å². The number of sulfonamides is 1. The van der Waals surface area contributed by atoms with Crippen LogP contribution in [0.4, 0.5) is 0 Å². The van der Waals surface area contributed by atoms with Gasteiger partial charge in [0.05, 0.1) is 7.11 Å². The van der Waals surface area contributed by atoms with Crippen molar-refractivity contribution in [2.75, 3.05) is 7.11 Å². The van der Waals surface area contributed by atoms with Crippen molar-refractivity contribution >= 4 is 10.0 Å². The SMILES string of the molecule is COc1ccccc1S(=O)(=O)NCc1cc[nH]c1. The van der Waals surface area contributed by atoms with E-state index < -0.39 is 10.0 Å². The van der Waals surface area contributed by atoms with Crippen LogP contribution in [0.5, 0.6) is 5.75 Å². The first-order valence-electron chi connectivity index (χ1n) is 5.38. The van der Waals surface area contributed by atoms with E-state index in [4.69, 9.17) is 4.74 Å². The van der Waals surface area contributed by atoms with Gasteiger partial charge < -0.3 is 9.72 Å². The molecule has 0 unspecified atom stereocenters. The summed E-state index contributed by atoms with van der Waals surface area (Å²) in [6.45, 7) is 0.240. The fraction of sp³-hybridized carbons (Fsp3) is 0.167. The quantitative estimate of drug-likeness (QED) is 0.861. The van der Waals surface area contributed by atoms with Gasteiger partial charge in [-0.15, -0.1) is 0 Å². The maximum absolute atomic E-state index is 12.1. The number of H-pyrrole nitrogens is 1. The van der Waals surface area contributed by atoms with Crippen molar-refractivity contribution in [3.05, 3.63) is 48.3 Å². The molecular formula is C12H14N2O3S. The Morgan fingerprint density at radius 2 is 2.06 bits per heavy atom. The Morgan fingerprint density at radius 3 is 2.72 bits per heavy atom. The summed E-state index contributed by atoms with van der Waals surface area (Å²) in [5, 5.41) is 0. The van der Waals surface area contributed by atoms with Crippen LogP contribution in [0, 0.1) is 0 Å². The van der Waals surface area contributed by atoms with E-state index in [0.717, 1.165) is 5.56 Å².